The molecule has 0 aromatic heterocycles. The maximum atomic E-state index is 9.27. The van der Waals surface area contributed by atoms with Crippen molar-refractivity contribution in [2.45, 2.75) is 37.3 Å². The first-order valence-corrected chi connectivity index (χ1v) is 3.96. The molecule has 0 radical (unpaired) electrons. The first-order chi connectivity index (χ1) is 6.06. The summed E-state index contributed by atoms with van der Waals surface area (Å²) in [5.41, 5.74) is 0. The van der Waals surface area contributed by atoms with Gasteiger partial charge >= 0.3 is 0 Å². The third-order valence-corrected chi connectivity index (χ3v) is 2.02. The highest BCUT2D eigenvalue weighted by Gasteiger charge is 2.39. The summed E-state index contributed by atoms with van der Waals surface area (Å²) in [5.74, 6) is 0. The van der Waals surface area contributed by atoms with Gasteiger partial charge in [-0.15, -0.1) is 0 Å². The van der Waals surface area contributed by atoms with Gasteiger partial charge in [-0.05, 0) is 0 Å². The van der Waals surface area contributed by atoms with Crippen LogP contribution in [0, 0.1) is 0 Å². The zero-order valence-electron chi connectivity index (χ0n) is 7.20. The molecule has 1 rings (SSSR count). The number of ether oxygens (including phenoxy) is 2. The lowest BCUT2D eigenvalue weighted by Crippen LogP contribution is -2.52. The average molecular weight is 194 g/mol. The fraction of sp³-hybridized carbons (Fsp3) is 1.00. The molecule has 78 valence electrons. The molecule has 1 heterocycles. The van der Waals surface area contributed by atoms with Gasteiger partial charge in [0.2, 0.25) is 0 Å². The molecule has 1 fully saturated rings. The van der Waals surface area contributed by atoms with Crippen molar-refractivity contribution in [3.05, 3.63) is 0 Å². The maximum Gasteiger partial charge on any atom is 0.186 e. The van der Waals surface area contributed by atoms with Gasteiger partial charge in [-0.2, -0.15) is 0 Å². The molecule has 0 saturated carbocycles. The van der Waals surface area contributed by atoms with Gasteiger partial charge in [0, 0.05) is 13.5 Å². The van der Waals surface area contributed by atoms with Crippen molar-refractivity contribution >= 4 is 0 Å². The van der Waals surface area contributed by atoms with Crippen LogP contribution in [-0.2, 0) is 9.47 Å². The van der Waals surface area contributed by atoms with Gasteiger partial charge in [0.05, 0.1) is 6.10 Å². The Labute approximate surface area is 75.3 Å². The Morgan fingerprint density at radius 1 is 1.38 bits per heavy atom. The summed E-state index contributed by atoms with van der Waals surface area (Å²) in [6.45, 7) is 0. The highest BCUT2D eigenvalue weighted by molar-refractivity contribution is 4.81. The van der Waals surface area contributed by atoms with E-state index < -0.39 is 30.9 Å². The lowest BCUT2D eigenvalue weighted by molar-refractivity contribution is -0.292. The van der Waals surface area contributed by atoms with Crippen LogP contribution in [0.4, 0.5) is 0 Å². The van der Waals surface area contributed by atoms with Crippen molar-refractivity contribution in [2.24, 2.45) is 0 Å². The van der Waals surface area contributed by atoms with E-state index >= 15 is 0 Å². The van der Waals surface area contributed by atoms with Crippen molar-refractivity contribution in [2.75, 3.05) is 7.11 Å². The Kier molecular flexibility index (Phi) is 3.60. The standard InChI is InChI=1S/C7H14O6/c1-12-7-5(9)3(8)2-4(13-7)6(10)11/h3-11H,2H2,1H3/t3?,4?,5?,7-/m1/s1. The van der Waals surface area contributed by atoms with Crippen LogP contribution < -0.4 is 0 Å². The summed E-state index contributed by atoms with van der Waals surface area (Å²) in [6, 6.07) is 0. The topological polar surface area (TPSA) is 99.4 Å². The highest BCUT2D eigenvalue weighted by Crippen LogP contribution is 2.22. The van der Waals surface area contributed by atoms with Crippen LogP contribution >= 0.6 is 0 Å². The van der Waals surface area contributed by atoms with Gasteiger partial charge in [-0.3, -0.25) is 0 Å². The van der Waals surface area contributed by atoms with E-state index in [9.17, 15) is 10.2 Å². The monoisotopic (exact) mass is 194 g/mol. The SMILES string of the molecule is CO[C@@H]1OC(C(O)O)CC(O)C1O. The zero-order valence-corrected chi connectivity index (χ0v) is 7.20. The third-order valence-electron chi connectivity index (χ3n) is 2.02. The molecule has 0 aromatic carbocycles. The quantitative estimate of drug-likeness (QED) is 0.372. The fourth-order valence-corrected chi connectivity index (χ4v) is 1.25. The van der Waals surface area contributed by atoms with E-state index in [1.165, 1.54) is 7.11 Å². The second-order valence-electron chi connectivity index (χ2n) is 2.99. The van der Waals surface area contributed by atoms with Crippen molar-refractivity contribution in [3.63, 3.8) is 0 Å². The molecular weight excluding hydrogens is 180 g/mol. The Morgan fingerprint density at radius 3 is 2.46 bits per heavy atom. The summed E-state index contributed by atoms with van der Waals surface area (Å²) in [6.07, 6.45) is -5.87. The van der Waals surface area contributed by atoms with E-state index in [0.717, 1.165) is 0 Å². The van der Waals surface area contributed by atoms with E-state index in [2.05, 4.69) is 0 Å². The summed E-state index contributed by atoms with van der Waals surface area (Å²) < 4.78 is 9.65. The number of aliphatic hydroxyl groups is 4. The number of methoxy groups -OCH3 is 1. The second-order valence-corrected chi connectivity index (χ2v) is 2.99. The van der Waals surface area contributed by atoms with Crippen LogP contribution in [0.3, 0.4) is 0 Å². The molecule has 1 aliphatic heterocycles. The lowest BCUT2D eigenvalue weighted by Gasteiger charge is -2.36. The second kappa shape index (κ2) is 4.32. The van der Waals surface area contributed by atoms with Crippen LogP contribution in [0.25, 0.3) is 0 Å². The minimum atomic E-state index is -1.68. The molecule has 0 amide bonds. The normalized spacial score (nSPS) is 41.1. The third kappa shape index (κ3) is 2.37. The molecule has 3 unspecified atom stereocenters. The lowest BCUT2D eigenvalue weighted by atomic mass is 10.0. The van der Waals surface area contributed by atoms with E-state index in [1.54, 1.807) is 0 Å². The molecule has 13 heavy (non-hydrogen) atoms. The smallest absolute Gasteiger partial charge is 0.186 e. The number of hydrogen-bond donors (Lipinski definition) is 4. The Hall–Kier alpha value is -0.240. The maximum absolute atomic E-state index is 9.27. The van der Waals surface area contributed by atoms with Crippen LogP contribution in [0.1, 0.15) is 6.42 Å². The minimum Gasteiger partial charge on any atom is -0.390 e. The van der Waals surface area contributed by atoms with E-state index in [1.807, 2.05) is 0 Å². The van der Waals surface area contributed by atoms with Crippen LogP contribution in [0.5, 0.6) is 0 Å². The first-order valence-electron chi connectivity index (χ1n) is 3.96. The summed E-state index contributed by atoms with van der Waals surface area (Å²) in [4.78, 5) is 0. The molecule has 1 aliphatic rings. The molecule has 4 atom stereocenters. The van der Waals surface area contributed by atoms with E-state index in [0.29, 0.717) is 0 Å². The van der Waals surface area contributed by atoms with Gasteiger partial charge in [-0.1, -0.05) is 0 Å². The summed E-state index contributed by atoms with van der Waals surface area (Å²) in [5, 5.41) is 36.1. The molecule has 0 aliphatic carbocycles. The number of rotatable bonds is 2. The van der Waals surface area contributed by atoms with Gasteiger partial charge in [-0.25, -0.2) is 0 Å². The Balaban J connectivity index is 2.58. The largest absolute Gasteiger partial charge is 0.390 e. The predicted octanol–water partition coefficient (Wildman–Crippen LogP) is -2.22. The van der Waals surface area contributed by atoms with Crippen LogP contribution in [-0.4, -0.2) is 58.4 Å². The average Bonchev–Trinajstić information content (AvgIpc) is 2.09. The molecule has 0 bridgehead atoms. The van der Waals surface area contributed by atoms with Gasteiger partial charge in [0.15, 0.2) is 12.6 Å². The number of hydrogen-bond acceptors (Lipinski definition) is 6. The predicted molar refractivity (Wildman–Crippen MR) is 40.5 cm³/mol. The Bertz CT molecular complexity index is 161. The van der Waals surface area contributed by atoms with Gasteiger partial charge in [0.25, 0.3) is 0 Å². The zero-order chi connectivity index (χ0) is 10.0. The van der Waals surface area contributed by atoms with Gasteiger partial charge in [0.1, 0.15) is 12.2 Å². The molecular formula is C7H14O6. The first kappa shape index (κ1) is 10.8. The molecule has 4 N–H and O–H groups in total. The fourth-order valence-electron chi connectivity index (χ4n) is 1.25. The molecule has 0 aromatic rings. The number of aliphatic hydroxyl groups excluding tert-OH is 3. The summed E-state index contributed by atoms with van der Waals surface area (Å²) in [7, 11) is 1.30. The molecule has 6 nitrogen and oxygen atoms in total. The minimum absolute atomic E-state index is 0.0291. The Morgan fingerprint density at radius 2 is 2.00 bits per heavy atom. The molecule has 6 heteroatoms. The van der Waals surface area contributed by atoms with Gasteiger partial charge < -0.3 is 29.9 Å². The van der Waals surface area contributed by atoms with Crippen molar-refractivity contribution in [1.82, 2.24) is 0 Å². The molecule has 1 saturated heterocycles. The van der Waals surface area contributed by atoms with E-state index in [4.69, 9.17) is 19.7 Å². The van der Waals surface area contributed by atoms with Crippen LogP contribution in [0.2, 0.25) is 0 Å². The molecule has 0 spiro atoms. The van der Waals surface area contributed by atoms with Crippen molar-refractivity contribution in [1.29, 1.82) is 0 Å². The van der Waals surface area contributed by atoms with Crippen LogP contribution in [0.15, 0.2) is 0 Å². The highest BCUT2D eigenvalue weighted by atomic mass is 16.7. The van der Waals surface area contributed by atoms with Crippen molar-refractivity contribution < 1.29 is 29.9 Å². The summed E-state index contributed by atoms with van der Waals surface area (Å²) >= 11 is 0. The van der Waals surface area contributed by atoms with Crippen molar-refractivity contribution in [3.8, 4) is 0 Å². The van der Waals surface area contributed by atoms with E-state index in [-0.39, 0.29) is 6.42 Å².